The van der Waals surface area contributed by atoms with Crippen molar-refractivity contribution in [1.82, 2.24) is 10.2 Å². The second kappa shape index (κ2) is 6.42. The predicted molar refractivity (Wildman–Crippen MR) is 77.8 cm³/mol. The van der Waals surface area contributed by atoms with Crippen molar-refractivity contribution in [1.29, 1.82) is 0 Å². The van der Waals surface area contributed by atoms with Crippen molar-refractivity contribution < 1.29 is 9.18 Å². The van der Waals surface area contributed by atoms with Crippen LogP contribution in [0.2, 0.25) is 0 Å². The monoisotopic (exact) mass is 294 g/mol. The normalized spacial score (nSPS) is 10.3. The van der Waals surface area contributed by atoms with E-state index in [9.17, 15) is 9.18 Å². The van der Waals surface area contributed by atoms with E-state index in [0.29, 0.717) is 15.8 Å². The predicted octanol–water partition coefficient (Wildman–Crippen LogP) is 2.78. The molecule has 0 saturated heterocycles. The molecule has 0 fully saturated rings. The Morgan fingerprint density at radius 2 is 2.05 bits per heavy atom. The number of nitrogens with zero attached hydrogens (tertiary/aromatic N) is 3. The summed E-state index contributed by atoms with van der Waals surface area (Å²) in [5.74, 6) is -0.602. The topological polar surface area (TPSA) is 58.1 Å². The lowest BCUT2D eigenvalue weighted by molar-refractivity contribution is 0.0992. The summed E-state index contributed by atoms with van der Waals surface area (Å²) in [4.78, 5) is 13.6. The molecule has 0 spiro atoms. The van der Waals surface area contributed by atoms with Gasteiger partial charge in [0, 0.05) is 19.3 Å². The van der Waals surface area contributed by atoms with E-state index in [0.717, 1.165) is 13.0 Å². The smallest absolute Gasteiger partial charge is 0.289 e. The zero-order valence-electron chi connectivity index (χ0n) is 11.3. The number of anilines is 2. The number of amides is 1. The molecule has 5 nitrogen and oxygen atoms in total. The molecule has 0 aliphatic rings. The summed E-state index contributed by atoms with van der Waals surface area (Å²) in [5, 5.41) is 11.8. The molecule has 1 aromatic carbocycles. The average Bonchev–Trinajstić information content (AvgIpc) is 2.93. The largest absolute Gasteiger partial charge is 0.360 e. The van der Waals surface area contributed by atoms with Crippen LogP contribution in [0.1, 0.15) is 23.1 Å². The van der Waals surface area contributed by atoms with Crippen molar-refractivity contribution in [3.05, 3.63) is 35.1 Å². The Kier molecular flexibility index (Phi) is 4.62. The maximum atomic E-state index is 12.9. The minimum Gasteiger partial charge on any atom is -0.360 e. The first-order valence-electron chi connectivity index (χ1n) is 6.23. The van der Waals surface area contributed by atoms with Gasteiger partial charge < -0.3 is 10.2 Å². The fraction of sp³-hybridized carbons (Fsp3) is 0.308. The second-order valence-corrected chi connectivity index (χ2v) is 5.16. The molecule has 2 rings (SSSR count). The van der Waals surface area contributed by atoms with E-state index in [1.807, 2.05) is 6.92 Å². The molecule has 7 heteroatoms. The standard InChI is InChI=1S/C13H15FN4OS/c1-3-8-15-13-17-16-11(20-13)12(19)18(2)10-6-4-9(14)5-7-10/h4-7H,3,8H2,1-2H3,(H,15,17). The van der Waals surface area contributed by atoms with Gasteiger partial charge in [0.15, 0.2) is 0 Å². The fourth-order valence-electron chi connectivity index (χ4n) is 1.54. The summed E-state index contributed by atoms with van der Waals surface area (Å²) in [7, 11) is 1.62. The van der Waals surface area contributed by atoms with Crippen LogP contribution in [-0.2, 0) is 0 Å². The number of hydrogen-bond acceptors (Lipinski definition) is 5. The number of nitrogens with one attached hydrogen (secondary N) is 1. The minimum atomic E-state index is -0.337. The Balaban J connectivity index is 2.10. The summed E-state index contributed by atoms with van der Waals surface area (Å²) in [6.45, 7) is 2.83. The third kappa shape index (κ3) is 3.30. The number of carbonyl (C=O) groups excluding carboxylic acids is 1. The molecular weight excluding hydrogens is 279 g/mol. The zero-order valence-corrected chi connectivity index (χ0v) is 12.1. The van der Waals surface area contributed by atoms with Crippen molar-refractivity contribution in [2.45, 2.75) is 13.3 Å². The van der Waals surface area contributed by atoms with Crippen LogP contribution >= 0.6 is 11.3 Å². The second-order valence-electron chi connectivity index (χ2n) is 4.18. The Hall–Kier alpha value is -2.02. The molecule has 1 N–H and O–H groups in total. The van der Waals surface area contributed by atoms with Gasteiger partial charge in [-0.2, -0.15) is 0 Å². The highest BCUT2D eigenvalue weighted by Crippen LogP contribution is 2.20. The molecule has 1 heterocycles. The summed E-state index contributed by atoms with van der Waals surface area (Å²) < 4.78 is 12.9. The van der Waals surface area contributed by atoms with Gasteiger partial charge in [-0.25, -0.2) is 4.39 Å². The number of halogens is 1. The fourth-order valence-corrected chi connectivity index (χ4v) is 2.28. The Morgan fingerprint density at radius 1 is 1.35 bits per heavy atom. The van der Waals surface area contributed by atoms with Gasteiger partial charge >= 0.3 is 0 Å². The first-order valence-corrected chi connectivity index (χ1v) is 7.04. The van der Waals surface area contributed by atoms with E-state index < -0.39 is 0 Å². The molecule has 0 atom stereocenters. The van der Waals surface area contributed by atoms with Crippen molar-refractivity contribution in [2.75, 3.05) is 23.8 Å². The van der Waals surface area contributed by atoms with Crippen molar-refractivity contribution in [3.63, 3.8) is 0 Å². The van der Waals surface area contributed by atoms with Crippen LogP contribution in [0.15, 0.2) is 24.3 Å². The maximum Gasteiger partial charge on any atom is 0.289 e. The van der Waals surface area contributed by atoms with E-state index in [1.165, 1.54) is 28.4 Å². The molecule has 0 aliphatic heterocycles. The van der Waals surface area contributed by atoms with Gasteiger partial charge in [0.2, 0.25) is 10.1 Å². The third-order valence-corrected chi connectivity index (χ3v) is 3.52. The molecular formula is C13H15FN4OS. The molecule has 106 valence electrons. The van der Waals surface area contributed by atoms with Crippen LogP contribution in [0.4, 0.5) is 15.2 Å². The van der Waals surface area contributed by atoms with Crippen LogP contribution in [0, 0.1) is 5.82 Å². The first-order chi connectivity index (χ1) is 9.61. The molecule has 20 heavy (non-hydrogen) atoms. The van der Waals surface area contributed by atoms with Gasteiger partial charge in [0.25, 0.3) is 5.91 Å². The van der Waals surface area contributed by atoms with E-state index >= 15 is 0 Å². The molecule has 1 amide bonds. The molecule has 1 aromatic heterocycles. The van der Waals surface area contributed by atoms with Crippen LogP contribution in [0.25, 0.3) is 0 Å². The highest BCUT2D eigenvalue weighted by atomic mass is 32.1. The summed E-state index contributed by atoms with van der Waals surface area (Å²) in [5.41, 5.74) is 0.606. The lowest BCUT2D eigenvalue weighted by Gasteiger charge is -2.15. The molecule has 2 aromatic rings. The molecule has 0 unspecified atom stereocenters. The number of benzene rings is 1. The third-order valence-electron chi connectivity index (χ3n) is 2.65. The molecule has 0 saturated carbocycles. The van der Waals surface area contributed by atoms with Crippen LogP contribution in [0.3, 0.4) is 0 Å². The van der Waals surface area contributed by atoms with Gasteiger partial charge in [-0.1, -0.05) is 18.3 Å². The lowest BCUT2D eigenvalue weighted by Crippen LogP contribution is -2.26. The van der Waals surface area contributed by atoms with Crippen molar-refractivity contribution in [2.24, 2.45) is 0 Å². The molecule has 0 aliphatic carbocycles. The quantitative estimate of drug-likeness (QED) is 0.921. The van der Waals surface area contributed by atoms with Crippen LogP contribution in [-0.4, -0.2) is 29.7 Å². The average molecular weight is 294 g/mol. The lowest BCUT2D eigenvalue weighted by atomic mass is 10.3. The number of rotatable bonds is 5. The van der Waals surface area contributed by atoms with Crippen LogP contribution < -0.4 is 10.2 Å². The number of hydrogen-bond donors (Lipinski definition) is 1. The van der Waals surface area contributed by atoms with E-state index in [1.54, 1.807) is 19.2 Å². The maximum absolute atomic E-state index is 12.9. The first kappa shape index (κ1) is 14.4. The Bertz CT molecular complexity index is 584. The van der Waals surface area contributed by atoms with E-state index in [2.05, 4.69) is 15.5 Å². The van der Waals surface area contributed by atoms with Gasteiger partial charge in [-0.3, -0.25) is 4.79 Å². The van der Waals surface area contributed by atoms with Gasteiger partial charge in [0.1, 0.15) is 5.82 Å². The summed E-state index contributed by atoms with van der Waals surface area (Å²) in [6.07, 6.45) is 0.971. The highest BCUT2D eigenvalue weighted by molar-refractivity contribution is 7.17. The molecule has 0 radical (unpaired) electrons. The summed E-state index contributed by atoms with van der Waals surface area (Å²) in [6, 6.07) is 5.72. The summed E-state index contributed by atoms with van der Waals surface area (Å²) >= 11 is 1.21. The van der Waals surface area contributed by atoms with E-state index in [-0.39, 0.29) is 11.7 Å². The highest BCUT2D eigenvalue weighted by Gasteiger charge is 2.18. The molecule has 0 bridgehead atoms. The van der Waals surface area contributed by atoms with Crippen molar-refractivity contribution in [3.8, 4) is 0 Å². The van der Waals surface area contributed by atoms with Crippen LogP contribution in [0.5, 0.6) is 0 Å². The van der Waals surface area contributed by atoms with Gasteiger partial charge in [-0.05, 0) is 30.7 Å². The van der Waals surface area contributed by atoms with Gasteiger partial charge in [0.05, 0.1) is 0 Å². The van der Waals surface area contributed by atoms with E-state index in [4.69, 9.17) is 0 Å². The Morgan fingerprint density at radius 3 is 2.70 bits per heavy atom. The zero-order chi connectivity index (χ0) is 14.5. The SMILES string of the molecule is CCCNc1nnc(C(=O)N(C)c2ccc(F)cc2)s1. The minimum absolute atomic E-state index is 0.265. The number of aromatic nitrogens is 2. The van der Waals surface area contributed by atoms with Crippen molar-refractivity contribution >= 4 is 28.1 Å². The Labute approximate surface area is 120 Å². The number of carbonyl (C=O) groups is 1. The van der Waals surface area contributed by atoms with Gasteiger partial charge in [-0.15, -0.1) is 10.2 Å².